The first-order chi connectivity index (χ1) is 5.69. The van der Waals surface area contributed by atoms with Crippen molar-refractivity contribution in [3.63, 3.8) is 0 Å². The Balaban J connectivity index is 2.47. The second-order valence-electron chi connectivity index (χ2n) is 4.06. The molecule has 1 rings (SSSR count). The predicted octanol–water partition coefficient (Wildman–Crippen LogP) is 2.20. The molecule has 2 atom stereocenters. The van der Waals surface area contributed by atoms with Crippen LogP contribution in [0.3, 0.4) is 0 Å². The molecule has 1 saturated carbocycles. The predicted molar refractivity (Wildman–Crippen MR) is 55.9 cm³/mol. The van der Waals surface area contributed by atoms with Gasteiger partial charge in [0.1, 0.15) is 0 Å². The maximum absolute atomic E-state index is 5.95. The zero-order chi connectivity index (χ0) is 9.03. The zero-order valence-electron chi connectivity index (χ0n) is 8.31. The third-order valence-corrected chi connectivity index (χ3v) is 4.20. The Kier molecular flexibility index (Phi) is 3.53. The fourth-order valence-electron chi connectivity index (χ4n) is 1.94. The first kappa shape index (κ1) is 10.0. The first-order valence-corrected chi connectivity index (χ1v) is 6.33. The standard InChI is InChI=1S/C10H20OSi/c1-4-12-11-10(3)8-6-5-7-9(10)2/h4,9H,1,5-8,12H2,2-3H3. The van der Waals surface area contributed by atoms with Gasteiger partial charge in [-0.2, -0.15) is 0 Å². The third kappa shape index (κ3) is 2.20. The highest BCUT2D eigenvalue weighted by Crippen LogP contribution is 2.35. The van der Waals surface area contributed by atoms with E-state index in [4.69, 9.17) is 4.43 Å². The lowest BCUT2D eigenvalue weighted by atomic mass is 9.78. The molecule has 0 spiro atoms. The maximum atomic E-state index is 5.95. The molecular weight excluding hydrogens is 164 g/mol. The largest absolute Gasteiger partial charge is 0.414 e. The van der Waals surface area contributed by atoms with E-state index in [0.29, 0.717) is 0 Å². The number of hydrogen-bond acceptors (Lipinski definition) is 1. The van der Waals surface area contributed by atoms with Crippen LogP contribution in [0, 0.1) is 5.92 Å². The fraction of sp³-hybridized carbons (Fsp3) is 0.800. The van der Waals surface area contributed by atoms with Crippen LogP contribution in [0.2, 0.25) is 0 Å². The molecule has 70 valence electrons. The van der Waals surface area contributed by atoms with Crippen LogP contribution >= 0.6 is 0 Å². The molecule has 0 aliphatic heterocycles. The van der Waals surface area contributed by atoms with Gasteiger partial charge in [0.05, 0.1) is 5.60 Å². The van der Waals surface area contributed by atoms with Crippen molar-refractivity contribution in [2.24, 2.45) is 5.92 Å². The third-order valence-electron chi connectivity index (χ3n) is 3.13. The van der Waals surface area contributed by atoms with E-state index in [0.717, 1.165) is 5.92 Å². The topological polar surface area (TPSA) is 9.23 Å². The minimum atomic E-state index is -0.448. The van der Waals surface area contributed by atoms with Crippen LogP contribution in [0.1, 0.15) is 39.5 Å². The van der Waals surface area contributed by atoms with Crippen molar-refractivity contribution in [1.82, 2.24) is 0 Å². The molecular formula is C10H20OSi. The Labute approximate surface area is 78.1 Å². The highest BCUT2D eigenvalue weighted by atomic mass is 28.2. The van der Waals surface area contributed by atoms with Crippen LogP contribution in [0.15, 0.2) is 12.3 Å². The summed E-state index contributed by atoms with van der Waals surface area (Å²) in [6.45, 7) is 8.33. The molecule has 1 fully saturated rings. The summed E-state index contributed by atoms with van der Waals surface area (Å²) >= 11 is 0. The van der Waals surface area contributed by atoms with Crippen molar-refractivity contribution >= 4 is 9.76 Å². The van der Waals surface area contributed by atoms with Gasteiger partial charge in [-0.15, -0.1) is 6.58 Å². The summed E-state index contributed by atoms with van der Waals surface area (Å²) in [5.74, 6) is 0.735. The summed E-state index contributed by atoms with van der Waals surface area (Å²) in [5.41, 5.74) is 2.16. The molecule has 2 unspecified atom stereocenters. The van der Waals surface area contributed by atoms with Crippen molar-refractivity contribution < 1.29 is 4.43 Å². The molecule has 12 heavy (non-hydrogen) atoms. The highest BCUT2D eigenvalue weighted by Gasteiger charge is 2.33. The van der Waals surface area contributed by atoms with Gasteiger partial charge in [0.15, 0.2) is 9.76 Å². The molecule has 0 aromatic rings. The molecule has 2 heteroatoms. The smallest absolute Gasteiger partial charge is 0.185 e. The van der Waals surface area contributed by atoms with Crippen molar-refractivity contribution in [2.45, 2.75) is 45.1 Å². The Morgan fingerprint density at radius 3 is 2.92 bits per heavy atom. The molecule has 0 heterocycles. The van der Waals surface area contributed by atoms with Gasteiger partial charge in [-0.25, -0.2) is 0 Å². The number of hydrogen-bond donors (Lipinski definition) is 0. The minimum absolute atomic E-state index is 0.179. The molecule has 0 aromatic carbocycles. The zero-order valence-corrected chi connectivity index (χ0v) is 9.72. The van der Waals surface area contributed by atoms with Crippen LogP contribution in [0.4, 0.5) is 0 Å². The van der Waals surface area contributed by atoms with Crippen molar-refractivity contribution in [3.05, 3.63) is 12.3 Å². The van der Waals surface area contributed by atoms with Crippen molar-refractivity contribution in [2.75, 3.05) is 0 Å². The normalized spacial score (nSPS) is 37.3. The van der Waals surface area contributed by atoms with Crippen LogP contribution in [0.25, 0.3) is 0 Å². The summed E-state index contributed by atoms with van der Waals surface area (Å²) in [6, 6.07) is 0. The Morgan fingerprint density at radius 1 is 1.58 bits per heavy atom. The van der Waals surface area contributed by atoms with Crippen LogP contribution in [-0.2, 0) is 4.43 Å². The molecule has 0 radical (unpaired) electrons. The van der Waals surface area contributed by atoms with Gasteiger partial charge in [0.2, 0.25) is 0 Å². The molecule has 0 amide bonds. The summed E-state index contributed by atoms with van der Waals surface area (Å²) in [5, 5.41) is 0. The SMILES string of the molecule is C=C[SiH2]OC1(C)CCCCC1C. The molecule has 0 bridgehead atoms. The van der Waals surface area contributed by atoms with Crippen LogP contribution < -0.4 is 0 Å². The molecule has 1 nitrogen and oxygen atoms in total. The van der Waals surface area contributed by atoms with Gasteiger partial charge in [0, 0.05) is 0 Å². The van der Waals surface area contributed by atoms with Crippen LogP contribution in [-0.4, -0.2) is 15.4 Å². The lowest BCUT2D eigenvalue weighted by Gasteiger charge is -2.39. The molecule has 1 aliphatic carbocycles. The van der Waals surface area contributed by atoms with E-state index in [-0.39, 0.29) is 5.60 Å². The first-order valence-electron chi connectivity index (χ1n) is 4.94. The lowest BCUT2D eigenvalue weighted by Crippen LogP contribution is -2.39. The van der Waals surface area contributed by atoms with E-state index in [1.807, 2.05) is 5.70 Å². The Bertz CT molecular complexity index is 158. The molecule has 0 saturated heterocycles. The van der Waals surface area contributed by atoms with E-state index in [1.165, 1.54) is 25.7 Å². The van der Waals surface area contributed by atoms with Gasteiger partial charge in [0.25, 0.3) is 0 Å². The van der Waals surface area contributed by atoms with Gasteiger partial charge < -0.3 is 4.43 Å². The lowest BCUT2D eigenvalue weighted by molar-refractivity contribution is 0.00459. The van der Waals surface area contributed by atoms with Gasteiger partial charge in [-0.05, 0) is 25.7 Å². The van der Waals surface area contributed by atoms with E-state index in [1.54, 1.807) is 0 Å². The van der Waals surface area contributed by atoms with Gasteiger partial charge in [-0.3, -0.25) is 0 Å². The van der Waals surface area contributed by atoms with E-state index >= 15 is 0 Å². The van der Waals surface area contributed by atoms with Crippen molar-refractivity contribution in [1.29, 1.82) is 0 Å². The molecule has 1 aliphatic rings. The average molecular weight is 184 g/mol. The quantitative estimate of drug-likeness (QED) is 0.611. The van der Waals surface area contributed by atoms with E-state index in [9.17, 15) is 0 Å². The summed E-state index contributed by atoms with van der Waals surface area (Å²) in [7, 11) is -0.448. The van der Waals surface area contributed by atoms with Crippen molar-refractivity contribution in [3.8, 4) is 0 Å². The second-order valence-corrected chi connectivity index (χ2v) is 5.26. The van der Waals surface area contributed by atoms with Crippen LogP contribution in [0.5, 0.6) is 0 Å². The summed E-state index contributed by atoms with van der Waals surface area (Å²) in [4.78, 5) is 0. The molecule has 0 N–H and O–H groups in total. The second kappa shape index (κ2) is 4.24. The Morgan fingerprint density at radius 2 is 2.33 bits per heavy atom. The summed E-state index contributed by atoms with van der Waals surface area (Å²) < 4.78 is 5.95. The maximum Gasteiger partial charge on any atom is 0.185 e. The van der Waals surface area contributed by atoms with E-state index in [2.05, 4.69) is 20.4 Å². The molecule has 0 aromatic heterocycles. The van der Waals surface area contributed by atoms with Gasteiger partial charge in [-0.1, -0.05) is 25.5 Å². The monoisotopic (exact) mass is 184 g/mol. The van der Waals surface area contributed by atoms with E-state index < -0.39 is 9.76 Å². The fourth-order valence-corrected chi connectivity index (χ4v) is 2.87. The minimum Gasteiger partial charge on any atom is -0.414 e. The Hall–Kier alpha value is -0.0831. The number of rotatable bonds is 3. The van der Waals surface area contributed by atoms with Gasteiger partial charge >= 0.3 is 0 Å². The average Bonchev–Trinajstić information content (AvgIpc) is 2.07. The highest BCUT2D eigenvalue weighted by molar-refractivity contribution is 6.34. The summed E-state index contributed by atoms with van der Waals surface area (Å²) in [6.07, 6.45) is 5.30.